The first-order valence-electron chi connectivity index (χ1n) is 7.29. The Bertz CT molecular complexity index is 451. The van der Waals surface area contributed by atoms with E-state index in [0.717, 1.165) is 25.1 Å². The number of thiophene rings is 1. The van der Waals surface area contributed by atoms with Crippen LogP contribution in [0, 0.1) is 5.92 Å². The van der Waals surface area contributed by atoms with Crippen molar-refractivity contribution in [2.75, 3.05) is 13.1 Å². The summed E-state index contributed by atoms with van der Waals surface area (Å²) < 4.78 is 0. The van der Waals surface area contributed by atoms with Crippen molar-refractivity contribution in [3.05, 3.63) is 21.9 Å². The van der Waals surface area contributed by atoms with E-state index in [1.807, 2.05) is 11.4 Å². The Hall–Kier alpha value is -0.870. The van der Waals surface area contributed by atoms with E-state index in [0.29, 0.717) is 5.92 Å². The summed E-state index contributed by atoms with van der Waals surface area (Å²) in [5, 5.41) is 11.6. The number of nitrogens with zero attached hydrogens (tertiary/aromatic N) is 1. The molecule has 2 heterocycles. The summed E-state index contributed by atoms with van der Waals surface area (Å²) in [6.07, 6.45) is 7.57. The molecule has 3 rings (SSSR count). The third-order valence-corrected chi connectivity index (χ3v) is 5.51. The average molecular weight is 279 g/mol. The summed E-state index contributed by atoms with van der Waals surface area (Å²) in [6.45, 7) is 1.87. The number of carbonyl (C=O) groups is 1. The Kier molecular flexibility index (Phi) is 3.89. The van der Waals surface area contributed by atoms with Gasteiger partial charge in [-0.2, -0.15) is 0 Å². The Morgan fingerprint density at radius 3 is 2.89 bits per heavy atom. The number of hydrogen-bond acceptors (Lipinski definition) is 3. The van der Waals surface area contributed by atoms with Crippen LogP contribution >= 0.6 is 11.3 Å². The van der Waals surface area contributed by atoms with Crippen LogP contribution in [-0.4, -0.2) is 29.1 Å². The minimum absolute atomic E-state index is 0.406. The molecule has 1 atom stereocenters. The predicted molar refractivity (Wildman–Crippen MR) is 76.5 cm³/mol. The highest BCUT2D eigenvalue weighted by atomic mass is 32.1. The van der Waals surface area contributed by atoms with E-state index >= 15 is 0 Å². The smallest absolute Gasteiger partial charge is 0.325 e. The van der Waals surface area contributed by atoms with Crippen molar-refractivity contribution in [1.82, 2.24) is 4.90 Å². The Labute approximate surface area is 118 Å². The molecule has 4 heteroatoms. The van der Waals surface area contributed by atoms with Gasteiger partial charge in [-0.25, -0.2) is 0 Å². The molecule has 0 radical (unpaired) electrons. The summed E-state index contributed by atoms with van der Waals surface area (Å²) in [4.78, 5) is 15.1. The van der Waals surface area contributed by atoms with Gasteiger partial charge < -0.3 is 5.11 Å². The van der Waals surface area contributed by atoms with Crippen molar-refractivity contribution in [2.45, 2.75) is 44.6 Å². The van der Waals surface area contributed by atoms with Crippen LogP contribution in [0.15, 0.2) is 11.4 Å². The SMILES string of the molecule is O=C(O)C1c2ccsc2CCN1CC1CCCCC1. The van der Waals surface area contributed by atoms with Crippen LogP contribution in [0.4, 0.5) is 0 Å². The van der Waals surface area contributed by atoms with E-state index in [1.165, 1.54) is 37.0 Å². The second-order valence-corrected chi connectivity index (χ2v) is 6.79. The number of carboxylic acids is 1. The zero-order valence-electron chi connectivity index (χ0n) is 11.2. The highest BCUT2D eigenvalue weighted by Gasteiger charge is 2.34. The van der Waals surface area contributed by atoms with Crippen molar-refractivity contribution in [2.24, 2.45) is 5.92 Å². The van der Waals surface area contributed by atoms with Crippen molar-refractivity contribution < 1.29 is 9.90 Å². The Morgan fingerprint density at radius 1 is 1.37 bits per heavy atom. The summed E-state index contributed by atoms with van der Waals surface area (Å²) in [5.74, 6) is 0.0194. The molecule has 1 aliphatic heterocycles. The summed E-state index contributed by atoms with van der Waals surface area (Å²) in [5.41, 5.74) is 1.04. The summed E-state index contributed by atoms with van der Waals surface area (Å²) in [7, 11) is 0. The van der Waals surface area contributed by atoms with Crippen LogP contribution in [0.5, 0.6) is 0 Å². The second kappa shape index (κ2) is 5.63. The lowest BCUT2D eigenvalue weighted by molar-refractivity contribution is -0.144. The van der Waals surface area contributed by atoms with E-state index < -0.39 is 12.0 Å². The van der Waals surface area contributed by atoms with E-state index in [9.17, 15) is 9.90 Å². The third-order valence-electron chi connectivity index (χ3n) is 4.52. The molecule has 1 aliphatic carbocycles. The molecule has 1 unspecified atom stereocenters. The lowest BCUT2D eigenvalue weighted by Crippen LogP contribution is -2.42. The lowest BCUT2D eigenvalue weighted by atomic mass is 9.87. The molecule has 0 bridgehead atoms. The van der Waals surface area contributed by atoms with E-state index in [2.05, 4.69) is 4.90 Å². The maximum Gasteiger partial charge on any atom is 0.325 e. The van der Waals surface area contributed by atoms with Gasteiger partial charge in [-0.1, -0.05) is 19.3 Å². The van der Waals surface area contributed by atoms with Gasteiger partial charge in [0.1, 0.15) is 6.04 Å². The zero-order chi connectivity index (χ0) is 13.2. The van der Waals surface area contributed by atoms with Gasteiger partial charge in [-0.3, -0.25) is 9.69 Å². The highest BCUT2D eigenvalue weighted by molar-refractivity contribution is 7.10. The van der Waals surface area contributed by atoms with E-state index in [-0.39, 0.29) is 0 Å². The van der Waals surface area contributed by atoms with Gasteiger partial charge in [-0.05, 0) is 42.2 Å². The average Bonchev–Trinajstić information content (AvgIpc) is 2.87. The first-order valence-corrected chi connectivity index (χ1v) is 8.17. The number of rotatable bonds is 3. The quantitative estimate of drug-likeness (QED) is 0.922. The predicted octanol–water partition coefficient (Wildman–Crippen LogP) is 3.31. The fourth-order valence-corrected chi connectivity index (χ4v) is 4.46. The van der Waals surface area contributed by atoms with E-state index in [4.69, 9.17) is 0 Å². The van der Waals surface area contributed by atoms with Crippen LogP contribution in [0.3, 0.4) is 0 Å². The van der Waals surface area contributed by atoms with Gasteiger partial charge in [0, 0.05) is 18.0 Å². The Balaban J connectivity index is 1.75. The largest absolute Gasteiger partial charge is 0.480 e. The van der Waals surface area contributed by atoms with Crippen molar-refractivity contribution in [3.63, 3.8) is 0 Å². The van der Waals surface area contributed by atoms with Crippen LogP contribution < -0.4 is 0 Å². The molecule has 0 spiro atoms. The molecule has 1 N–H and O–H groups in total. The number of aliphatic carboxylic acids is 1. The third kappa shape index (κ3) is 2.70. The van der Waals surface area contributed by atoms with Gasteiger partial charge >= 0.3 is 5.97 Å². The van der Waals surface area contributed by atoms with Crippen LogP contribution in [0.1, 0.15) is 48.6 Å². The molecular formula is C15H21NO2S. The van der Waals surface area contributed by atoms with Gasteiger partial charge in [0.05, 0.1) is 0 Å². The first kappa shape index (κ1) is 13.1. The molecule has 2 aliphatic rings. The molecule has 0 aromatic carbocycles. The number of hydrogen-bond donors (Lipinski definition) is 1. The molecule has 1 aromatic heterocycles. The summed E-state index contributed by atoms with van der Waals surface area (Å²) >= 11 is 1.70. The molecular weight excluding hydrogens is 258 g/mol. The summed E-state index contributed by atoms with van der Waals surface area (Å²) in [6, 6.07) is 1.60. The number of fused-ring (bicyclic) bond motifs is 1. The lowest BCUT2D eigenvalue weighted by Gasteiger charge is -2.36. The minimum atomic E-state index is -0.685. The maximum atomic E-state index is 11.6. The highest BCUT2D eigenvalue weighted by Crippen LogP contribution is 2.35. The molecule has 0 saturated heterocycles. The first-order chi connectivity index (χ1) is 9.25. The number of carboxylic acid groups (broad SMARTS) is 1. The van der Waals surface area contributed by atoms with Crippen LogP contribution in [0.2, 0.25) is 0 Å². The second-order valence-electron chi connectivity index (χ2n) is 5.79. The monoisotopic (exact) mass is 279 g/mol. The molecule has 104 valence electrons. The van der Waals surface area contributed by atoms with Gasteiger partial charge in [0.2, 0.25) is 0 Å². The van der Waals surface area contributed by atoms with Crippen LogP contribution in [-0.2, 0) is 11.2 Å². The maximum absolute atomic E-state index is 11.6. The molecule has 3 nitrogen and oxygen atoms in total. The normalized spacial score (nSPS) is 25.2. The molecule has 0 amide bonds. The molecule has 1 fully saturated rings. The van der Waals surface area contributed by atoms with Crippen LogP contribution in [0.25, 0.3) is 0 Å². The fraction of sp³-hybridized carbons (Fsp3) is 0.667. The van der Waals surface area contributed by atoms with Gasteiger partial charge in [0.25, 0.3) is 0 Å². The van der Waals surface area contributed by atoms with Gasteiger partial charge in [-0.15, -0.1) is 11.3 Å². The zero-order valence-corrected chi connectivity index (χ0v) is 12.0. The Morgan fingerprint density at radius 2 is 2.16 bits per heavy atom. The van der Waals surface area contributed by atoms with Crippen molar-refractivity contribution in [1.29, 1.82) is 0 Å². The molecule has 19 heavy (non-hydrogen) atoms. The minimum Gasteiger partial charge on any atom is -0.480 e. The fourth-order valence-electron chi connectivity index (χ4n) is 3.56. The molecule has 1 saturated carbocycles. The van der Waals surface area contributed by atoms with Crippen molar-refractivity contribution in [3.8, 4) is 0 Å². The topological polar surface area (TPSA) is 40.5 Å². The standard InChI is InChI=1S/C15H21NO2S/c17-15(18)14-12-7-9-19-13(12)6-8-16(14)10-11-4-2-1-3-5-11/h7,9,11,14H,1-6,8,10H2,(H,17,18). The van der Waals surface area contributed by atoms with Crippen molar-refractivity contribution >= 4 is 17.3 Å². The van der Waals surface area contributed by atoms with E-state index in [1.54, 1.807) is 11.3 Å². The molecule has 1 aromatic rings. The van der Waals surface area contributed by atoms with Gasteiger partial charge in [0.15, 0.2) is 0 Å².